The zero-order valence-corrected chi connectivity index (χ0v) is 13.2. The van der Waals surface area contributed by atoms with Gasteiger partial charge in [0.2, 0.25) is 5.91 Å². The highest BCUT2D eigenvalue weighted by atomic mass is 16.5. The minimum atomic E-state index is -0.761. The van der Waals surface area contributed by atoms with Crippen LogP contribution < -0.4 is 5.32 Å². The maximum atomic E-state index is 12.5. The van der Waals surface area contributed by atoms with Gasteiger partial charge in [-0.3, -0.25) is 9.59 Å². The molecule has 1 aromatic rings. The summed E-state index contributed by atoms with van der Waals surface area (Å²) in [5.74, 6) is 1.46. The molecule has 2 amide bonds. The molecule has 0 aromatic carbocycles. The molecule has 2 aliphatic rings. The molecule has 1 saturated heterocycles. The van der Waals surface area contributed by atoms with Crippen LogP contribution in [0, 0.1) is 12.8 Å². The first-order chi connectivity index (χ1) is 10.5. The number of carbonyl (C=O) groups is 2. The van der Waals surface area contributed by atoms with Gasteiger partial charge in [0.25, 0.3) is 5.91 Å². The van der Waals surface area contributed by atoms with Crippen LogP contribution in [0.5, 0.6) is 0 Å². The predicted molar refractivity (Wildman–Crippen MR) is 81.2 cm³/mol. The smallest absolute Gasteiger partial charge is 0.251 e. The van der Waals surface area contributed by atoms with E-state index in [-0.39, 0.29) is 11.8 Å². The van der Waals surface area contributed by atoms with Crippen LogP contribution in [0.25, 0.3) is 0 Å². The molecule has 0 spiro atoms. The van der Waals surface area contributed by atoms with Crippen molar-refractivity contribution in [2.75, 3.05) is 11.9 Å². The van der Waals surface area contributed by atoms with E-state index in [1.165, 1.54) is 12.8 Å². The first-order valence-corrected chi connectivity index (χ1v) is 8.04. The quantitative estimate of drug-likeness (QED) is 0.927. The van der Waals surface area contributed by atoms with Gasteiger partial charge in [0.15, 0.2) is 5.82 Å². The number of rotatable bonds is 4. The molecule has 22 heavy (non-hydrogen) atoms. The van der Waals surface area contributed by atoms with Crippen molar-refractivity contribution in [2.24, 2.45) is 5.92 Å². The molecule has 6 heteroatoms. The van der Waals surface area contributed by atoms with Gasteiger partial charge in [-0.15, -0.1) is 0 Å². The summed E-state index contributed by atoms with van der Waals surface area (Å²) >= 11 is 0. The number of hydrogen-bond donors (Lipinski definition) is 1. The van der Waals surface area contributed by atoms with Crippen molar-refractivity contribution in [3.8, 4) is 0 Å². The van der Waals surface area contributed by atoms with Gasteiger partial charge >= 0.3 is 0 Å². The van der Waals surface area contributed by atoms with E-state index in [2.05, 4.69) is 10.5 Å². The fourth-order valence-corrected chi connectivity index (χ4v) is 3.44. The molecule has 2 heterocycles. The lowest BCUT2D eigenvalue weighted by molar-refractivity contribution is -0.155. The molecule has 3 rings (SSSR count). The van der Waals surface area contributed by atoms with Gasteiger partial charge < -0.3 is 14.7 Å². The highest BCUT2D eigenvalue weighted by molar-refractivity contribution is 6.00. The van der Waals surface area contributed by atoms with Crippen LogP contribution in [0.3, 0.4) is 0 Å². The zero-order valence-electron chi connectivity index (χ0n) is 13.2. The van der Waals surface area contributed by atoms with E-state index in [4.69, 9.17) is 4.52 Å². The van der Waals surface area contributed by atoms with Crippen molar-refractivity contribution in [3.63, 3.8) is 0 Å². The zero-order chi connectivity index (χ0) is 15.7. The number of nitrogens with one attached hydrogen (secondary N) is 1. The summed E-state index contributed by atoms with van der Waals surface area (Å²) in [6.07, 6.45) is 5.99. The Kier molecular flexibility index (Phi) is 3.93. The highest BCUT2D eigenvalue weighted by Gasteiger charge is 2.49. The van der Waals surface area contributed by atoms with Crippen LogP contribution in [-0.4, -0.2) is 34.0 Å². The molecule has 0 bridgehead atoms. The van der Waals surface area contributed by atoms with Gasteiger partial charge in [-0.25, -0.2) is 0 Å². The molecular weight excluding hydrogens is 282 g/mol. The molecule has 1 aliphatic heterocycles. The second-order valence-corrected chi connectivity index (χ2v) is 6.70. The predicted octanol–water partition coefficient (Wildman–Crippen LogP) is 2.49. The lowest BCUT2D eigenvalue weighted by Gasteiger charge is -2.49. The molecule has 0 radical (unpaired) electrons. The van der Waals surface area contributed by atoms with Crippen molar-refractivity contribution < 1.29 is 14.1 Å². The van der Waals surface area contributed by atoms with Gasteiger partial charge in [0.1, 0.15) is 11.3 Å². The average molecular weight is 305 g/mol. The van der Waals surface area contributed by atoms with Gasteiger partial charge in [0.05, 0.1) is 0 Å². The molecule has 1 atom stereocenters. The molecule has 1 N–H and O–H groups in total. The lowest BCUT2D eigenvalue weighted by atomic mass is 9.84. The summed E-state index contributed by atoms with van der Waals surface area (Å²) < 4.78 is 4.95. The molecule has 1 aliphatic carbocycles. The molecule has 120 valence electrons. The van der Waals surface area contributed by atoms with Crippen molar-refractivity contribution in [1.29, 1.82) is 0 Å². The Morgan fingerprint density at radius 3 is 2.73 bits per heavy atom. The first-order valence-electron chi connectivity index (χ1n) is 8.04. The molecule has 1 saturated carbocycles. The topological polar surface area (TPSA) is 75.4 Å². The van der Waals surface area contributed by atoms with Crippen molar-refractivity contribution in [1.82, 2.24) is 10.1 Å². The number of nitrogens with zero attached hydrogens (tertiary/aromatic N) is 2. The number of aromatic nitrogens is 1. The van der Waals surface area contributed by atoms with E-state index >= 15 is 0 Å². The normalized spacial score (nSPS) is 25.1. The molecule has 1 unspecified atom stereocenters. The number of aryl methyl sites for hydroxylation is 1. The van der Waals surface area contributed by atoms with Crippen LogP contribution in [0.15, 0.2) is 10.6 Å². The fraction of sp³-hybridized carbons (Fsp3) is 0.688. The van der Waals surface area contributed by atoms with E-state index in [9.17, 15) is 9.59 Å². The molecular formula is C16H23N3O3. The fourth-order valence-electron chi connectivity index (χ4n) is 3.44. The Morgan fingerprint density at radius 2 is 2.18 bits per heavy atom. The number of hydrogen-bond acceptors (Lipinski definition) is 4. The van der Waals surface area contributed by atoms with E-state index in [0.29, 0.717) is 36.9 Å². The van der Waals surface area contributed by atoms with E-state index in [1.54, 1.807) is 17.9 Å². The lowest BCUT2D eigenvalue weighted by Crippen LogP contribution is -2.66. The number of anilines is 1. The third-order valence-corrected chi connectivity index (χ3v) is 5.02. The summed E-state index contributed by atoms with van der Waals surface area (Å²) in [5.41, 5.74) is -0.761. The van der Waals surface area contributed by atoms with Crippen molar-refractivity contribution >= 4 is 17.6 Å². The summed E-state index contributed by atoms with van der Waals surface area (Å²) in [7, 11) is 0. The van der Waals surface area contributed by atoms with Crippen LogP contribution in [0.1, 0.15) is 51.2 Å². The Bertz CT molecular complexity index is 577. The summed E-state index contributed by atoms with van der Waals surface area (Å²) in [6, 6.07) is 1.67. The second kappa shape index (κ2) is 5.74. The molecule has 6 nitrogen and oxygen atoms in total. The van der Waals surface area contributed by atoms with Crippen LogP contribution >= 0.6 is 0 Å². The summed E-state index contributed by atoms with van der Waals surface area (Å²) in [6.45, 7) is 4.25. The van der Waals surface area contributed by atoms with Gasteiger partial charge in [-0.05, 0) is 39.0 Å². The minimum absolute atomic E-state index is 0.104. The van der Waals surface area contributed by atoms with Gasteiger partial charge in [0, 0.05) is 19.0 Å². The van der Waals surface area contributed by atoms with Crippen molar-refractivity contribution in [3.05, 3.63) is 11.8 Å². The van der Waals surface area contributed by atoms with Gasteiger partial charge in [-0.1, -0.05) is 18.0 Å². The Morgan fingerprint density at radius 1 is 1.45 bits per heavy atom. The Hall–Kier alpha value is -1.85. The SMILES string of the molecule is Cc1cc(NC(=O)C2(C)CCN2C(=O)CC2CCCC2)no1. The number of carbonyl (C=O) groups excluding carboxylic acids is 2. The van der Waals surface area contributed by atoms with Gasteiger partial charge in [-0.2, -0.15) is 0 Å². The number of likely N-dealkylation sites (tertiary alicyclic amines) is 1. The summed E-state index contributed by atoms with van der Waals surface area (Å²) in [5, 5.41) is 6.52. The molecule has 2 fully saturated rings. The van der Waals surface area contributed by atoms with Crippen LogP contribution in [0.2, 0.25) is 0 Å². The number of amides is 2. The monoisotopic (exact) mass is 305 g/mol. The maximum absolute atomic E-state index is 12.5. The minimum Gasteiger partial charge on any atom is -0.360 e. The Labute approximate surface area is 130 Å². The highest BCUT2D eigenvalue weighted by Crippen LogP contribution is 2.35. The van der Waals surface area contributed by atoms with E-state index in [0.717, 1.165) is 12.8 Å². The second-order valence-electron chi connectivity index (χ2n) is 6.70. The van der Waals surface area contributed by atoms with Crippen molar-refractivity contribution in [2.45, 2.75) is 57.9 Å². The standard InChI is InChI=1S/C16H23N3O3/c1-11-9-13(18-22-11)17-15(21)16(2)7-8-19(16)14(20)10-12-5-3-4-6-12/h9,12H,3-8,10H2,1-2H3,(H,17,18,21). The largest absolute Gasteiger partial charge is 0.360 e. The third-order valence-electron chi connectivity index (χ3n) is 5.02. The van der Waals surface area contributed by atoms with Crippen LogP contribution in [-0.2, 0) is 9.59 Å². The maximum Gasteiger partial charge on any atom is 0.251 e. The van der Waals surface area contributed by atoms with E-state index < -0.39 is 5.54 Å². The first kappa shape index (κ1) is 15.1. The average Bonchev–Trinajstić information content (AvgIpc) is 3.08. The third kappa shape index (κ3) is 2.74. The molecule has 1 aromatic heterocycles. The van der Waals surface area contributed by atoms with Crippen LogP contribution in [0.4, 0.5) is 5.82 Å². The summed E-state index contributed by atoms with van der Waals surface area (Å²) in [4.78, 5) is 26.7. The Balaban J connectivity index is 1.61. The van der Waals surface area contributed by atoms with E-state index in [1.807, 2.05) is 6.92 Å².